The predicted molar refractivity (Wildman–Crippen MR) is 80.7 cm³/mol. The number of hydrogen-bond donors (Lipinski definition) is 1. The molecule has 3 rings (SSSR count). The summed E-state index contributed by atoms with van der Waals surface area (Å²) in [6.45, 7) is 0. The largest absolute Gasteiger partial charge is 0.290 e. The SMILES string of the molecule is O=C(Cc1cc(Cc2ccc(F)cc2)cs1)C(=O)c1nn[nH]n1. The quantitative estimate of drug-likeness (QED) is 0.551. The smallest absolute Gasteiger partial charge is 0.269 e. The zero-order valence-electron chi connectivity index (χ0n) is 11.8. The van der Waals surface area contributed by atoms with Gasteiger partial charge in [0.05, 0.1) is 0 Å². The molecule has 0 fully saturated rings. The Bertz CT molecular complexity index is 828. The van der Waals surface area contributed by atoms with Crippen LogP contribution in [0.5, 0.6) is 0 Å². The Morgan fingerprint density at radius 2 is 1.96 bits per heavy atom. The summed E-state index contributed by atoms with van der Waals surface area (Å²) in [5.41, 5.74) is 1.99. The first-order valence-electron chi connectivity index (χ1n) is 6.73. The van der Waals surface area contributed by atoms with Crippen LogP contribution < -0.4 is 0 Å². The summed E-state index contributed by atoms with van der Waals surface area (Å²) in [6, 6.07) is 8.13. The molecule has 0 aliphatic rings. The molecule has 0 amide bonds. The lowest BCUT2D eigenvalue weighted by Gasteiger charge is -1.98. The number of nitrogens with one attached hydrogen (secondary N) is 1. The van der Waals surface area contributed by atoms with E-state index < -0.39 is 11.6 Å². The zero-order chi connectivity index (χ0) is 16.2. The van der Waals surface area contributed by atoms with E-state index in [2.05, 4.69) is 20.6 Å². The van der Waals surface area contributed by atoms with Crippen molar-refractivity contribution < 1.29 is 14.0 Å². The van der Waals surface area contributed by atoms with Crippen LogP contribution in [-0.4, -0.2) is 32.2 Å². The molecule has 3 aromatic rings. The fraction of sp³-hybridized carbons (Fsp3) is 0.133. The lowest BCUT2D eigenvalue weighted by atomic mass is 10.1. The molecule has 0 aliphatic carbocycles. The highest BCUT2D eigenvalue weighted by molar-refractivity contribution is 7.10. The zero-order valence-corrected chi connectivity index (χ0v) is 12.6. The Labute approximate surface area is 134 Å². The van der Waals surface area contributed by atoms with E-state index in [0.29, 0.717) is 6.42 Å². The first-order chi connectivity index (χ1) is 11.1. The van der Waals surface area contributed by atoms with Crippen LogP contribution in [0.15, 0.2) is 35.7 Å². The summed E-state index contributed by atoms with van der Waals surface area (Å²) in [5.74, 6) is -1.84. The van der Waals surface area contributed by atoms with Crippen molar-refractivity contribution in [3.63, 3.8) is 0 Å². The van der Waals surface area contributed by atoms with Gasteiger partial charge in [-0.25, -0.2) is 4.39 Å². The van der Waals surface area contributed by atoms with Crippen molar-refractivity contribution in [3.05, 3.63) is 63.4 Å². The van der Waals surface area contributed by atoms with Gasteiger partial charge in [-0.05, 0) is 46.3 Å². The van der Waals surface area contributed by atoms with Crippen molar-refractivity contribution in [1.82, 2.24) is 20.6 Å². The van der Waals surface area contributed by atoms with E-state index in [9.17, 15) is 14.0 Å². The third kappa shape index (κ3) is 3.72. The second-order valence-corrected chi connectivity index (χ2v) is 5.88. The van der Waals surface area contributed by atoms with Gasteiger partial charge in [0.15, 0.2) is 0 Å². The fourth-order valence-electron chi connectivity index (χ4n) is 2.07. The van der Waals surface area contributed by atoms with Crippen LogP contribution in [0.2, 0.25) is 0 Å². The maximum atomic E-state index is 12.9. The number of halogens is 1. The average molecular weight is 330 g/mol. The number of aromatic nitrogens is 4. The van der Waals surface area contributed by atoms with Gasteiger partial charge in [-0.3, -0.25) is 9.59 Å². The van der Waals surface area contributed by atoms with Gasteiger partial charge in [-0.1, -0.05) is 12.1 Å². The molecule has 0 saturated carbocycles. The molecule has 1 aromatic carbocycles. The van der Waals surface area contributed by atoms with Gasteiger partial charge in [0, 0.05) is 11.3 Å². The minimum Gasteiger partial charge on any atom is -0.290 e. The first-order valence-corrected chi connectivity index (χ1v) is 7.61. The summed E-state index contributed by atoms with van der Waals surface area (Å²) in [4.78, 5) is 24.5. The van der Waals surface area contributed by atoms with Gasteiger partial charge in [-0.2, -0.15) is 5.21 Å². The lowest BCUT2D eigenvalue weighted by molar-refractivity contribution is -0.114. The van der Waals surface area contributed by atoms with Gasteiger partial charge in [0.1, 0.15) is 5.82 Å². The molecule has 0 radical (unpaired) electrons. The van der Waals surface area contributed by atoms with Crippen LogP contribution in [0.4, 0.5) is 4.39 Å². The molecule has 0 bridgehead atoms. The van der Waals surface area contributed by atoms with Crippen molar-refractivity contribution >= 4 is 22.9 Å². The number of aromatic amines is 1. The third-order valence-electron chi connectivity index (χ3n) is 3.17. The van der Waals surface area contributed by atoms with Crippen LogP contribution in [0.3, 0.4) is 0 Å². The Morgan fingerprint density at radius 1 is 1.17 bits per heavy atom. The molecule has 1 N–H and O–H groups in total. The highest BCUT2D eigenvalue weighted by Gasteiger charge is 2.21. The molecule has 23 heavy (non-hydrogen) atoms. The van der Waals surface area contributed by atoms with Gasteiger partial charge in [-0.15, -0.1) is 21.5 Å². The van der Waals surface area contributed by atoms with Crippen LogP contribution in [-0.2, 0) is 17.6 Å². The molecule has 2 aromatic heterocycles. The van der Waals surface area contributed by atoms with Gasteiger partial charge in [0.2, 0.25) is 11.6 Å². The van der Waals surface area contributed by atoms with Gasteiger partial charge < -0.3 is 0 Å². The second-order valence-electron chi connectivity index (χ2n) is 4.89. The van der Waals surface area contributed by atoms with Gasteiger partial charge >= 0.3 is 0 Å². The average Bonchev–Trinajstić information content (AvgIpc) is 3.21. The molecular formula is C15H11FN4O2S. The highest BCUT2D eigenvalue weighted by Crippen LogP contribution is 2.19. The standard InChI is InChI=1S/C15H11FN4O2S/c16-11-3-1-9(2-4-11)5-10-6-12(23-8-10)7-13(21)14(22)15-17-19-20-18-15/h1-4,6,8H,5,7H2,(H,17,18,19,20). The molecular weight excluding hydrogens is 319 g/mol. The molecule has 0 unspecified atom stereocenters. The number of thiophene rings is 1. The first kappa shape index (κ1) is 15.2. The maximum Gasteiger partial charge on any atom is 0.269 e. The maximum absolute atomic E-state index is 12.9. The molecule has 0 saturated heterocycles. The summed E-state index contributed by atoms with van der Waals surface area (Å²) in [5, 5.41) is 14.3. The monoisotopic (exact) mass is 330 g/mol. The Hall–Kier alpha value is -2.74. The summed E-state index contributed by atoms with van der Waals surface area (Å²) < 4.78 is 12.9. The van der Waals surface area contributed by atoms with E-state index in [1.54, 1.807) is 12.1 Å². The van der Waals surface area contributed by atoms with E-state index >= 15 is 0 Å². The summed E-state index contributed by atoms with van der Waals surface area (Å²) in [7, 11) is 0. The topological polar surface area (TPSA) is 88.6 Å². The Balaban J connectivity index is 1.64. The van der Waals surface area contributed by atoms with E-state index in [4.69, 9.17) is 0 Å². The number of H-pyrrole nitrogens is 1. The van der Waals surface area contributed by atoms with Crippen molar-refractivity contribution in [2.24, 2.45) is 0 Å². The van der Waals surface area contributed by atoms with E-state index in [0.717, 1.165) is 16.0 Å². The minimum atomic E-state index is -0.757. The minimum absolute atomic E-state index is 0.00145. The summed E-state index contributed by atoms with van der Waals surface area (Å²) >= 11 is 1.40. The van der Waals surface area contributed by atoms with Crippen LogP contribution in [0, 0.1) is 5.82 Å². The molecule has 0 aliphatic heterocycles. The number of rotatable bonds is 6. The fourth-order valence-corrected chi connectivity index (χ4v) is 2.96. The Kier molecular flexibility index (Phi) is 4.33. The van der Waals surface area contributed by atoms with E-state index in [-0.39, 0.29) is 18.1 Å². The number of benzene rings is 1. The van der Waals surface area contributed by atoms with Crippen molar-refractivity contribution in [2.75, 3.05) is 0 Å². The number of carbonyl (C=O) groups is 2. The molecule has 6 nitrogen and oxygen atoms in total. The van der Waals surface area contributed by atoms with E-state index in [1.165, 1.54) is 23.5 Å². The van der Waals surface area contributed by atoms with Crippen LogP contribution in [0.25, 0.3) is 0 Å². The third-order valence-corrected chi connectivity index (χ3v) is 4.15. The summed E-state index contributed by atoms with van der Waals surface area (Å²) in [6.07, 6.45) is 0.644. The number of hydrogen-bond acceptors (Lipinski definition) is 6. The molecule has 2 heterocycles. The number of ketones is 2. The molecule has 116 valence electrons. The van der Waals surface area contributed by atoms with Crippen LogP contribution in [0.1, 0.15) is 26.6 Å². The van der Waals surface area contributed by atoms with Crippen molar-refractivity contribution in [2.45, 2.75) is 12.8 Å². The number of tetrazole rings is 1. The molecule has 0 atom stereocenters. The van der Waals surface area contributed by atoms with Crippen LogP contribution >= 0.6 is 11.3 Å². The highest BCUT2D eigenvalue weighted by atomic mass is 32.1. The number of carbonyl (C=O) groups excluding carboxylic acids is 2. The predicted octanol–water partition coefficient (Wildman–Crippen LogP) is 1.99. The van der Waals surface area contributed by atoms with Gasteiger partial charge in [0.25, 0.3) is 5.78 Å². The van der Waals surface area contributed by atoms with Crippen molar-refractivity contribution in [1.29, 1.82) is 0 Å². The van der Waals surface area contributed by atoms with Crippen molar-refractivity contribution in [3.8, 4) is 0 Å². The molecule has 0 spiro atoms. The Morgan fingerprint density at radius 3 is 2.65 bits per heavy atom. The second kappa shape index (κ2) is 6.57. The molecule has 8 heteroatoms. The number of nitrogens with zero attached hydrogens (tertiary/aromatic N) is 3. The van der Waals surface area contributed by atoms with E-state index in [1.807, 2.05) is 11.4 Å². The lowest BCUT2D eigenvalue weighted by Crippen LogP contribution is -2.17. The normalized spacial score (nSPS) is 10.7. The number of Topliss-reactive ketones (excluding diaryl/α,β-unsaturated/α-hetero) is 2.